The molecule has 2 aromatic rings. The van der Waals surface area contributed by atoms with Gasteiger partial charge in [0.15, 0.2) is 5.13 Å². The van der Waals surface area contributed by atoms with E-state index in [9.17, 15) is 9.18 Å². The van der Waals surface area contributed by atoms with Crippen molar-refractivity contribution in [2.75, 3.05) is 17.2 Å². The molecule has 0 spiro atoms. The molecule has 0 unspecified atom stereocenters. The average molecular weight is 277 g/mol. The van der Waals surface area contributed by atoms with Crippen molar-refractivity contribution >= 4 is 28.1 Å². The summed E-state index contributed by atoms with van der Waals surface area (Å²) in [5, 5.41) is 2.23. The maximum Gasteiger partial charge on any atom is 0.233 e. The Morgan fingerprint density at radius 1 is 1.53 bits per heavy atom. The number of carbonyl (C=O) groups excluding carboxylic acids is 1. The zero-order valence-corrected chi connectivity index (χ0v) is 10.9. The van der Waals surface area contributed by atoms with Crippen molar-refractivity contribution in [1.29, 1.82) is 0 Å². The summed E-state index contributed by atoms with van der Waals surface area (Å²) in [7, 11) is 0. The van der Waals surface area contributed by atoms with Crippen molar-refractivity contribution in [3.8, 4) is 0 Å². The van der Waals surface area contributed by atoms with Gasteiger partial charge in [0.25, 0.3) is 0 Å². The molecule has 2 N–H and O–H groups in total. The van der Waals surface area contributed by atoms with Crippen LogP contribution in [0.4, 0.5) is 15.2 Å². The SMILES string of the molecule is Nc1nc(CC(=O)N2CCc3ccc(F)cc32)cs1. The quantitative estimate of drug-likeness (QED) is 0.913. The maximum atomic E-state index is 13.3. The number of halogens is 1. The number of amides is 1. The van der Waals surface area contributed by atoms with Crippen LogP contribution >= 0.6 is 11.3 Å². The van der Waals surface area contributed by atoms with E-state index in [-0.39, 0.29) is 18.1 Å². The number of rotatable bonds is 2. The standard InChI is InChI=1S/C13H12FN3OS/c14-9-2-1-8-3-4-17(11(8)5-9)12(18)6-10-7-19-13(15)16-10/h1-2,5,7H,3-4,6H2,(H2,15,16). The molecule has 0 aliphatic carbocycles. The lowest BCUT2D eigenvalue weighted by molar-refractivity contribution is -0.117. The molecule has 98 valence electrons. The molecule has 0 saturated carbocycles. The minimum absolute atomic E-state index is 0.0744. The molecule has 0 saturated heterocycles. The summed E-state index contributed by atoms with van der Waals surface area (Å²) >= 11 is 1.31. The van der Waals surface area contributed by atoms with E-state index in [1.54, 1.807) is 16.3 Å². The predicted octanol–water partition coefficient (Wildman–Crippen LogP) is 2.00. The highest BCUT2D eigenvalue weighted by molar-refractivity contribution is 7.13. The number of nitrogens with two attached hydrogens (primary N) is 1. The number of benzene rings is 1. The van der Waals surface area contributed by atoms with E-state index in [2.05, 4.69) is 4.98 Å². The smallest absolute Gasteiger partial charge is 0.233 e. The molecule has 1 aromatic heterocycles. The summed E-state index contributed by atoms with van der Waals surface area (Å²) in [6.45, 7) is 0.594. The largest absolute Gasteiger partial charge is 0.375 e. The predicted molar refractivity (Wildman–Crippen MR) is 72.7 cm³/mol. The molecule has 3 rings (SSSR count). The van der Waals surface area contributed by atoms with Gasteiger partial charge < -0.3 is 10.6 Å². The second kappa shape index (κ2) is 4.62. The molecule has 1 aromatic carbocycles. The van der Waals surface area contributed by atoms with Crippen molar-refractivity contribution in [1.82, 2.24) is 4.98 Å². The van der Waals surface area contributed by atoms with Crippen molar-refractivity contribution in [2.45, 2.75) is 12.8 Å². The summed E-state index contributed by atoms with van der Waals surface area (Å²) in [6, 6.07) is 4.57. The van der Waals surface area contributed by atoms with Gasteiger partial charge in [-0.15, -0.1) is 11.3 Å². The molecule has 0 atom stereocenters. The Labute approximate surface area is 113 Å². The Morgan fingerprint density at radius 3 is 3.11 bits per heavy atom. The summed E-state index contributed by atoms with van der Waals surface area (Å²) in [5.74, 6) is -0.397. The van der Waals surface area contributed by atoms with Crippen LogP contribution in [0.25, 0.3) is 0 Å². The molecule has 19 heavy (non-hydrogen) atoms. The maximum absolute atomic E-state index is 13.3. The van der Waals surface area contributed by atoms with Crippen LogP contribution in [0.3, 0.4) is 0 Å². The number of aromatic nitrogens is 1. The van der Waals surface area contributed by atoms with Gasteiger partial charge in [-0.3, -0.25) is 4.79 Å². The molecule has 0 fully saturated rings. The fourth-order valence-electron chi connectivity index (χ4n) is 2.27. The van der Waals surface area contributed by atoms with Crippen LogP contribution in [0.1, 0.15) is 11.3 Å². The van der Waals surface area contributed by atoms with Crippen LogP contribution < -0.4 is 10.6 Å². The van der Waals surface area contributed by atoms with E-state index in [4.69, 9.17) is 5.73 Å². The fourth-order valence-corrected chi connectivity index (χ4v) is 2.83. The van der Waals surface area contributed by atoms with E-state index in [1.165, 1.54) is 23.5 Å². The van der Waals surface area contributed by atoms with Gasteiger partial charge in [0, 0.05) is 17.6 Å². The molecule has 4 nitrogen and oxygen atoms in total. The van der Waals surface area contributed by atoms with Gasteiger partial charge in [-0.25, -0.2) is 9.37 Å². The Kier molecular flexibility index (Phi) is 2.94. The van der Waals surface area contributed by atoms with Crippen LogP contribution in [-0.2, 0) is 17.6 Å². The van der Waals surface area contributed by atoms with Crippen molar-refractivity contribution in [2.24, 2.45) is 0 Å². The van der Waals surface area contributed by atoms with E-state index in [1.807, 2.05) is 0 Å². The van der Waals surface area contributed by atoms with Crippen LogP contribution in [0, 0.1) is 5.82 Å². The van der Waals surface area contributed by atoms with E-state index in [0.29, 0.717) is 23.1 Å². The second-order valence-electron chi connectivity index (χ2n) is 4.42. The molecular weight excluding hydrogens is 265 g/mol. The first-order chi connectivity index (χ1) is 9.13. The molecule has 1 aliphatic rings. The third-order valence-electron chi connectivity index (χ3n) is 3.15. The number of hydrogen-bond acceptors (Lipinski definition) is 4. The van der Waals surface area contributed by atoms with Crippen LogP contribution in [0.5, 0.6) is 0 Å². The van der Waals surface area contributed by atoms with Gasteiger partial charge >= 0.3 is 0 Å². The second-order valence-corrected chi connectivity index (χ2v) is 5.31. The topological polar surface area (TPSA) is 59.2 Å². The van der Waals surface area contributed by atoms with Crippen LogP contribution in [0.15, 0.2) is 23.6 Å². The third-order valence-corrected chi connectivity index (χ3v) is 3.87. The number of nitrogen functional groups attached to an aromatic ring is 1. The summed E-state index contributed by atoms with van der Waals surface area (Å²) < 4.78 is 13.3. The Hall–Kier alpha value is -1.95. The lowest BCUT2D eigenvalue weighted by atomic mass is 10.1. The lowest BCUT2D eigenvalue weighted by Crippen LogP contribution is -2.30. The first kappa shape index (κ1) is 12.1. The van der Waals surface area contributed by atoms with Gasteiger partial charge in [-0.05, 0) is 24.1 Å². The number of thiazole rings is 1. The van der Waals surface area contributed by atoms with Gasteiger partial charge in [0.05, 0.1) is 12.1 Å². The number of carbonyl (C=O) groups is 1. The van der Waals surface area contributed by atoms with Gasteiger partial charge in [-0.2, -0.15) is 0 Å². The van der Waals surface area contributed by atoms with E-state index in [0.717, 1.165) is 12.0 Å². The van der Waals surface area contributed by atoms with Crippen molar-refractivity contribution in [3.05, 3.63) is 40.7 Å². The first-order valence-corrected chi connectivity index (χ1v) is 6.80. The normalized spacial score (nSPS) is 13.6. The zero-order chi connectivity index (χ0) is 13.4. The van der Waals surface area contributed by atoms with E-state index >= 15 is 0 Å². The molecule has 1 aliphatic heterocycles. The average Bonchev–Trinajstić information content (AvgIpc) is 2.95. The Morgan fingerprint density at radius 2 is 2.37 bits per heavy atom. The molecule has 0 bridgehead atoms. The third kappa shape index (κ3) is 2.31. The molecule has 2 heterocycles. The minimum Gasteiger partial charge on any atom is -0.375 e. The molecule has 6 heteroatoms. The van der Waals surface area contributed by atoms with Gasteiger partial charge in [0.1, 0.15) is 5.82 Å². The number of fused-ring (bicyclic) bond motifs is 1. The molecule has 1 amide bonds. The highest BCUT2D eigenvalue weighted by Gasteiger charge is 2.25. The van der Waals surface area contributed by atoms with Gasteiger partial charge in [-0.1, -0.05) is 6.07 Å². The fraction of sp³-hybridized carbons (Fsp3) is 0.231. The molecule has 0 radical (unpaired) electrons. The zero-order valence-electron chi connectivity index (χ0n) is 10.1. The van der Waals surface area contributed by atoms with E-state index < -0.39 is 0 Å². The summed E-state index contributed by atoms with van der Waals surface area (Å²) in [4.78, 5) is 17.9. The number of nitrogens with zero attached hydrogens (tertiary/aromatic N) is 2. The molecular formula is C13H12FN3OS. The highest BCUT2D eigenvalue weighted by Crippen LogP contribution is 2.29. The first-order valence-electron chi connectivity index (χ1n) is 5.92. The number of anilines is 2. The summed E-state index contributed by atoms with van der Waals surface area (Å²) in [6.07, 6.45) is 0.963. The van der Waals surface area contributed by atoms with Gasteiger partial charge in [0.2, 0.25) is 5.91 Å². The highest BCUT2D eigenvalue weighted by atomic mass is 32.1. The Balaban J connectivity index is 1.81. The number of hydrogen-bond donors (Lipinski definition) is 1. The van der Waals surface area contributed by atoms with Crippen LogP contribution in [0.2, 0.25) is 0 Å². The van der Waals surface area contributed by atoms with Crippen molar-refractivity contribution in [3.63, 3.8) is 0 Å². The lowest BCUT2D eigenvalue weighted by Gasteiger charge is -2.16. The van der Waals surface area contributed by atoms with Crippen molar-refractivity contribution < 1.29 is 9.18 Å². The summed E-state index contributed by atoms with van der Waals surface area (Å²) in [5.41, 5.74) is 7.88. The van der Waals surface area contributed by atoms with Crippen LogP contribution in [-0.4, -0.2) is 17.4 Å². The minimum atomic E-state index is -0.323. The Bertz CT molecular complexity index is 641. The monoisotopic (exact) mass is 277 g/mol.